The molecule has 2 amide bonds. The van der Waals surface area contributed by atoms with Gasteiger partial charge >= 0.3 is 0 Å². The number of carbonyl (C=O) groups excluding carboxylic acids is 2. The standard InChI is InChI=1S/C19H22F2N4O3/c1-12(2)17(26)25-15-8-14(6-7-22-15)18(27)24-10-13-4-5-16(23-9-13)28-11-19(3,20)21/h4-9,12H,10-11H2,1-3H3,(H,24,27)(H,22,25,26). The average molecular weight is 392 g/mol. The highest BCUT2D eigenvalue weighted by Gasteiger charge is 2.22. The Bertz CT molecular complexity index is 821. The van der Waals surface area contributed by atoms with Gasteiger partial charge in [0.2, 0.25) is 11.8 Å². The first-order valence-electron chi connectivity index (χ1n) is 8.65. The van der Waals surface area contributed by atoms with Crippen LogP contribution in [0.4, 0.5) is 14.6 Å². The van der Waals surface area contributed by atoms with Crippen molar-refractivity contribution in [2.75, 3.05) is 11.9 Å². The van der Waals surface area contributed by atoms with Crippen LogP contribution in [0.15, 0.2) is 36.7 Å². The number of carbonyl (C=O) groups is 2. The molecule has 0 saturated carbocycles. The molecule has 2 rings (SSSR count). The summed E-state index contributed by atoms with van der Waals surface area (Å²) < 4.78 is 30.4. The Hall–Kier alpha value is -3.10. The van der Waals surface area contributed by atoms with E-state index in [1.54, 1.807) is 19.9 Å². The summed E-state index contributed by atoms with van der Waals surface area (Å²) in [6, 6.07) is 6.09. The van der Waals surface area contributed by atoms with Gasteiger partial charge in [0.15, 0.2) is 6.61 Å². The van der Waals surface area contributed by atoms with Crippen LogP contribution in [0, 0.1) is 5.92 Å². The number of amides is 2. The van der Waals surface area contributed by atoms with E-state index < -0.39 is 12.5 Å². The molecule has 0 aliphatic rings. The Morgan fingerprint density at radius 1 is 1.21 bits per heavy atom. The first-order valence-corrected chi connectivity index (χ1v) is 8.65. The lowest BCUT2D eigenvalue weighted by atomic mass is 10.2. The van der Waals surface area contributed by atoms with Crippen molar-refractivity contribution in [1.29, 1.82) is 0 Å². The average Bonchev–Trinajstić information content (AvgIpc) is 2.64. The van der Waals surface area contributed by atoms with Crippen molar-refractivity contribution < 1.29 is 23.1 Å². The molecular weight excluding hydrogens is 370 g/mol. The van der Waals surface area contributed by atoms with E-state index in [1.165, 1.54) is 30.6 Å². The van der Waals surface area contributed by atoms with Crippen molar-refractivity contribution in [2.45, 2.75) is 33.2 Å². The maximum Gasteiger partial charge on any atom is 0.278 e. The van der Waals surface area contributed by atoms with Crippen molar-refractivity contribution in [1.82, 2.24) is 15.3 Å². The third-order valence-corrected chi connectivity index (χ3v) is 3.52. The fraction of sp³-hybridized carbons (Fsp3) is 0.368. The summed E-state index contributed by atoms with van der Waals surface area (Å²) in [6.45, 7) is 3.70. The normalized spacial score (nSPS) is 11.2. The summed E-state index contributed by atoms with van der Waals surface area (Å²) in [7, 11) is 0. The van der Waals surface area contributed by atoms with Crippen LogP contribution in [-0.4, -0.2) is 34.3 Å². The molecule has 0 atom stereocenters. The molecule has 9 heteroatoms. The van der Waals surface area contributed by atoms with E-state index in [0.29, 0.717) is 16.9 Å². The Morgan fingerprint density at radius 3 is 2.57 bits per heavy atom. The van der Waals surface area contributed by atoms with Crippen LogP contribution in [-0.2, 0) is 11.3 Å². The van der Waals surface area contributed by atoms with Gasteiger partial charge in [0.1, 0.15) is 5.82 Å². The molecule has 0 bridgehead atoms. The molecule has 7 nitrogen and oxygen atoms in total. The quantitative estimate of drug-likeness (QED) is 0.720. The lowest BCUT2D eigenvalue weighted by Gasteiger charge is -2.11. The topological polar surface area (TPSA) is 93.2 Å². The molecule has 0 aliphatic heterocycles. The van der Waals surface area contributed by atoms with Gasteiger partial charge in [-0.1, -0.05) is 19.9 Å². The number of nitrogens with zero attached hydrogens (tertiary/aromatic N) is 2. The SMILES string of the molecule is CC(C)C(=O)Nc1cc(C(=O)NCc2ccc(OCC(C)(F)F)nc2)ccn1. The maximum atomic E-state index is 12.8. The van der Waals surface area contributed by atoms with Crippen molar-refractivity contribution in [3.8, 4) is 5.88 Å². The number of aromatic nitrogens is 2. The zero-order chi connectivity index (χ0) is 20.7. The first kappa shape index (κ1) is 21.2. The summed E-state index contributed by atoms with van der Waals surface area (Å²) in [5.74, 6) is -3.32. The summed E-state index contributed by atoms with van der Waals surface area (Å²) in [6.07, 6.45) is 2.87. The fourth-order valence-corrected chi connectivity index (χ4v) is 2.00. The third kappa shape index (κ3) is 6.90. The van der Waals surface area contributed by atoms with Crippen molar-refractivity contribution in [3.05, 3.63) is 47.8 Å². The van der Waals surface area contributed by atoms with E-state index in [9.17, 15) is 18.4 Å². The summed E-state index contributed by atoms with van der Waals surface area (Å²) >= 11 is 0. The van der Waals surface area contributed by atoms with E-state index in [0.717, 1.165) is 6.92 Å². The Labute approximate surface area is 161 Å². The van der Waals surface area contributed by atoms with Crippen LogP contribution in [0.5, 0.6) is 5.88 Å². The molecule has 0 fully saturated rings. The van der Waals surface area contributed by atoms with E-state index in [1.807, 2.05) is 0 Å². The minimum absolute atomic E-state index is 0.0799. The molecule has 0 radical (unpaired) electrons. The molecule has 0 aliphatic carbocycles. The van der Waals surface area contributed by atoms with Crippen molar-refractivity contribution >= 4 is 17.6 Å². The minimum Gasteiger partial charge on any atom is -0.471 e. The smallest absolute Gasteiger partial charge is 0.278 e. The number of rotatable bonds is 8. The van der Waals surface area contributed by atoms with Crippen LogP contribution in [0.2, 0.25) is 0 Å². The molecule has 0 spiro atoms. The van der Waals surface area contributed by atoms with Crippen LogP contribution in [0.1, 0.15) is 36.7 Å². The number of halogens is 2. The van der Waals surface area contributed by atoms with Gasteiger partial charge in [-0.15, -0.1) is 0 Å². The van der Waals surface area contributed by atoms with Gasteiger partial charge in [0, 0.05) is 43.4 Å². The highest BCUT2D eigenvalue weighted by molar-refractivity contribution is 5.96. The van der Waals surface area contributed by atoms with Crippen molar-refractivity contribution in [3.63, 3.8) is 0 Å². The molecule has 150 valence electrons. The van der Waals surface area contributed by atoms with E-state index in [4.69, 9.17) is 4.74 Å². The van der Waals surface area contributed by atoms with Crippen molar-refractivity contribution in [2.24, 2.45) is 5.92 Å². The molecule has 28 heavy (non-hydrogen) atoms. The zero-order valence-corrected chi connectivity index (χ0v) is 15.8. The van der Waals surface area contributed by atoms with Gasteiger partial charge in [0.05, 0.1) is 0 Å². The van der Waals surface area contributed by atoms with Gasteiger partial charge < -0.3 is 15.4 Å². The molecular formula is C19H22F2N4O3. The third-order valence-electron chi connectivity index (χ3n) is 3.52. The molecule has 2 N–H and O–H groups in total. The number of hydrogen-bond donors (Lipinski definition) is 2. The monoisotopic (exact) mass is 392 g/mol. The van der Waals surface area contributed by atoms with E-state index >= 15 is 0 Å². The van der Waals surface area contributed by atoms with Crippen LogP contribution >= 0.6 is 0 Å². The largest absolute Gasteiger partial charge is 0.471 e. The second-order valence-corrected chi connectivity index (χ2v) is 6.62. The molecule has 2 aromatic heterocycles. The number of pyridine rings is 2. The number of anilines is 1. The number of nitrogens with one attached hydrogen (secondary N) is 2. The zero-order valence-electron chi connectivity index (χ0n) is 15.8. The first-order chi connectivity index (χ1) is 13.1. The number of ether oxygens (including phenoxy) is 1. The minimum atomic E-state index is -2.94. The maximum absolute atomic E-state index is 12.8. The van der Waals surface area contributed by atoms with Gasteiger partial charge in [-0.3, -0.25) is 9.59 Å². The number of hydrogen-bond acceptors (Lipinski definition) is 5. The summed E-state index contributed by atoms with van der Waals surface area (Å²) in [5, 5.41) is 5.35. The Morgan fingerprint density at radius 2 is 1.96 bits per heavy atom. The predicted molar refractivity (Wildman–Crippen MR) is 99.2 cm³/mol. The van der Waals surface area contributed by atoms with Gasteiger partial charge in [-0.05, 0) is 17.7 Å². The van der Waals surface area contributed by atoms with E-state index in [-0.39, 0.29) is 30.2 Å². The van der Waals surface area contributed by atoms with Crippen LogP contribution in [0.3, 0.4) is 0 Å². The van der Waals surface area contributed by atoms with Gasteiger partial charge in [-0.25, -0.2) is 18.7 Å². The highest BCUT2D eigenvalue weighted by atomic mass is 19.3. The molecule has 2 heterocycles. The van der Waals surface area contributed by atoms with Crippen LogP contribution in [0.25, 0.3) is 0 Å². The van der Waals surface area contributed by atoms with Gasteiger partial charge in [0.25, 0.3) is 11.8 Å². The second-order valence-electron chi connectivity index (χ2n) is 6.62. The van der Waals surface area contributed by atoms with Gasteiger partial charge in [-0.2, -0.15) is 0 Å². The highest BCUT2D eigenvalue weighted by Crippen LogP contribution is 2.15. The molecule has 0 saturated heterocycles. The second kappa shape index (κ2) is 9.20. The van der Waals surface area contributed by atoms with E-state index in [2.05, 4.69) is 20.6 Å². The summed E-state index contributed by atoms with van der Waals surface area (Å²) in [4.78, 5) is 32.0. The molecule has 2 aromatic rings. The Balaban J connectivity index is 1.90. The predicted octanol–water partition coefficient (Wildman–Crippen LogP) is 3.04. The lowest BCUT2D eigenvalue weighted by molar-refractivity contribution is -0.118. The molecule has 0 aromatic carbocycles. The summed E-state index contributed by atoms with van der Waals surface area (Å²) in [5.41, 5.74) is 1.01. The fourth-order valence-electron chi connectivity index (χ4n) is 2.00. The lowest BCUT2D eigenvalue weighted by Crippen LogP contribution is -2.24. The molecule has 0 unspecified atom stereocenters. The van der Waals surface area contributed by atoms with Crippen LogP contribution < -0.4 is 15.4 Å². The number of alkyl halides is 2. The Kier molecular flexibility index (Phi) is 6.97.